The lowest BCUT2D eigenvalue weighted by Gasteiger charge is -2.23. The quantitative estimate of drug-likeness (QED) is 0.875. The maximum absolute atomic E-state index is 4.69. The minimum absolute atomic E-state index is 0.0294. The molecule has 7 heteroatoms. The first-order valence-corrected chi connectivity index (χ1v) is 7.16. The largest absolute Gasteiger partial charge is 0.328 e. The number of aliphatic imine (C=N–C) groups is 1. The molecule has 0 spiro atoms. The highest BCUT2D eigenvalue weighted by Crippen LogP contribution is 2.29. The van der Waals surface area contributed by atoms with E-state index >= 15 is 0 Å². The fourth-order valence-electron chi connectivity index (χ4n) is 2.25. The molecule has 0 bridgehead atoms. The summed E-state index contributed by atoms with van der Waals surface area (Å²) in [5.41, 5.74) is 8.26. The number of hydrazine groups is 1. The van der Waals surface area contributed by atoms with E-state index in [2.05, 4.69) is 31.1 Å². The smallest absolute Gasteiger partial charge is 0.142 e. The molecule has 2 aromatic heterocycles. The van der Waals surface area contributed by atoms with Crippen molar-refractivity contribution in [2.75, 3.05) is 6.54 Å². The van der Waals surface area contributed by atoms with E-state index in [0.29, 0.717) is 0 Å². The van der Waals surface area contributed by atoms with Crippen molar-refractivity contribution in [1.82, 2.24) is 25.7 Å². The topological polar surface area (TPSA) is 65.4 Å². The number of nitrogens with one attached hydrogen (secondary N) is 2. The Morgan fingerprint density at radius 3 is 3.25 bits per heavy atom. The van der Waals surface area contributed by atoms with Gasteiger partial charge in [-0.2, -0.15) is 0 Å². The van der Waals surface area contributed by atoms with Gasteiger partial charge in [-0.25, -0.2) is 10.4 Å². The predicted molar refractivity (Wildman–Crippen MR) is 77.6 cm³/mol. The van der Waals surface area contributed by atoms with Crippen molar-refractivity contribution >= 4 is 17.6 Å². The van der Waals surface area contributed by atoms with Gasteiger partial charge in [-0.05, 0) is 12.1 Å². The van der Waals surface area contributed by atoms with Crippen LogP contribution in [0, 0.1) is 0 Å². The average Bonchev–Trinajstić information content (AvgIpc) is 3.14. The van der Waals surface area contributed by atoms with Gasteiger partial charge in [0.15, 0.2) is 0 Å². The maximum Gasteiger partial charge on any atom is 0.142 e. The molecule has 0 aromatic carbocycles. The maximum atomic E-state index is 4.69. The lowest BCUT2D eigenvalue weighted by Crippen LogP contribution is -2.30. The van der Waals surface area contributed by atoms with E-state index in [1.807, 2.05) is 30.6 Å². The second-order valence-corrected chi connectivity index (χ2v) is 5.32. The number of nitrogens with zero attached hydrogens (tertiary/aromatic N) is 4. The normalized spacial score (nSPS) is 20.5. The summed E-state index contributed by atoms with van der Waals surface area (Å²) in [6.45, 7) is 0.771. The molecular weight excluding hydrogens is 272 g/mol. The van der Waals surface area contributed by atoms with Gasteiger partial charge < -0.3 is 10.3 Å². The first-order valence-electron chi connectivity index (χ1n) is 6.28. The van der Waals surface area contributed by atoms with E-state index in [4.69, 9.17) is 4.98 Å². The Labute approximate surface area is 119 Å². The van der Waals surface area contributed by atoms with E-state index in [-0.39, 0.29) is 6.17 Å². The second kappa shape index (κ2) is 4.69. The van der Waals surface area contributed by atoms with Crippen LogP contribution >= 0.6 is 11.3 Å². The van der Waals surface area contributed by atoms with Crippen molar-refractivity contribution in [3.05, 3.63) is 47.5 Å². The third kappa shape index (κ3) is 1.87. The monoisotopic (exact) mass is 284 g/mol. The molecule has 0 radical (unpaired) electrons. The molecule has 100 valence electrons. The number of thiazole rings is 1. The van der Waals surface area contributed by atoms with Gasteiger partial charge in [0, 0.05) is 17.8 Å². The second-order valence-electron chi connectivity index (χ2n) is 4.46. The SMILES string of the molecule is C1=NC=C2NNC(c3csc(-c4ccccn4)n3)N2C1. The molecule has 1 unspecified atom stereocenters. The number of rotatable bonds is 2. The van der Waals surface area contributed by atoms with Gasteiger partial charge in [0.05, 0.1) is 24.1 Å². The Morgan fingerprint density at radius 1 is 1.35 bits per heavy atom. The van der Waals surface area contributed by atoms with Gasteiger partial charge >= 0.3 is 0 Å². The lowest BCUT2D eigenvalue weighted by atomic mass is 10.3. The van der Waals surface area contributed by atoms with Gasteiger partial charge in [0.25, 0.3) is 0 Å². The fraction of sp³-hybridized carbons (Fsp3) is 0.154. The van der Waals surface area contributed by atoms with Crippen LogP contribution in [0.2, 0.25) is 0 Å². The molecule has 0 saturated carbocycles. The molecule has 1 atom stereocenters. The number of hydrogen-bond acceptors (Lipinski definition) is 7. The van der Waals surface area contributed by atoms with Crippen molar-refractivity contribution in [2.45, 2.75) is 6.17 Å². The highest BCUT2D eigenvalue weighted by atomic mass is 32.1. The van der Waals surface area contributed by atoms with Crippen LogP contribution in [-0.4, -0.2) is 27.6 Å². The predicted octanol–water partition coefficient (Wildman–Crippen LogP) is 1.50. The zero-order chi connectivity index (χ0) is 13.4. The van der Waals surface area contributed by atoms with Crippen molar-refractivity contribution < 1.29 is 0 Å². The Hall–Kier alpha value is -2.25. The van der Waals surface area contributed by atoms with Gasteiger partial charge in [0.2, 0.25) is 0 Å². The van der Waals surface area contributed by atoms with Crippen molar-refractivity contribution in [2.24, 2.45) is 4.99 Å². The molecule has 2 aromatic rings. The van der Waals surface area contributed by atoms with E-state index in [1.54, 1.807) is 17.5 Å². The Morgan fingerprint density at radius 2 is 2.35 bits per heavy atom. The Bertz CT molecular complexity index is 677. The number of pyridine rings is 1. The molecule has 4 heterocycles. The summed E-state index contributed by atoms with van der Waals surface area (Å²) < 4.78 is 0. The molecule has 0 amide bonds. The van der Waals surface area contributed by atoms with Crippen molar-refractivity contribution in [3.8, 4) is 10.7 Å². The minimum atomic E-state index is 0.0294. The van der Waals surface area contributed by atoms with Crippen molar-refractivity contribution in [3.63, 3.8) is 0 Å². The summed E-state index contributed by atoms with van der Waals surface area (Å²) in [6.07, 6.45) is 5.51. The molecule has 6 nitrogen and oxygen atoms in total. The molecule has 2 N–H and O–H groups in total. The number of hydrogen-bond donors (Lipinski definition) is 2. The third-order valence-electron chi connectivity index (χ3n) is 3.22. The first-order chi connectivity index (χ1) is 9.92. The van der Waals surface area contributed by atoms with Crippen LogP contribution in [0.4, 0.5) is 0 Å². The zero-order valence-corrected chi connectivity index (χ0v) is 11.3. The van der Waals surface area contributed by atoms with Crippen LogP contribution < -0.4 is 10.9 Å². The molecule has 20 heavy (non-hydrogen) atoms. The molecule has 2 aliphatic heterocycles. The Balaban J connectivity index is 1.63. The summed E-state index contributed by atoms with van der Waals surface area (Å²) in [5.74, 6) is 0.977. The molecule has 2 aliphatic rings. The van der Waals surface area contributed by atoms with E-state index < -0.39 is 0 Å². The zero-order valence-electron chi connectivity index (χ0n) is 10.5. The lowest BCUT2D eigenvalue weighted by molar-refractivity contribution is 0.308. The molecule has 4 rings (SSSR count). The van der Waals surface area contributed by atoms with Crippen LogP contribution in [0.5, 0.6) is 0 Å². The van der Waals surface area contributed by atoms with Crippen LogP contribution in [0.1, 0.15) is 11.9 Å². The van der Waals surface area contributed by atoms with Crippen LogP contribution in [0.3, 0.4) is 0 Å². The standard InChI is InChI=1S/C13H12N6S/c1-2-4-15-9(3-1)13-16-10(8-20-13)12-18-17-11-7-14-5-6-19(11)12/h1-5,7-8,12,17-18H,6H2. The summed E-state index contributed by atoms with van der Waals surface area (Å²) in [5, 5.41) is 3.00. The highest BCUT2D eigenvalue weighted by Gasteiger charge is 2.31. The molecule has 1 saturated heterocycles. The van der Waals surface area contributed by atoms with Crippen LogP contribution in [0.15, 0.2) is 46.8 Å². The van der Waals surface area contributed by atoms with Crippen LogP contribution in [0.25, 0.3) is 10.7 Å². The first kappa shape index (κ1) is 11.6. The fourth-order valence-corrected chi connectivity index (χ4v) is 3.07. The third-order valence-corrected chi connectivity index (χ3v) is 4.11. The van der Waals surface area contributed by atoms with Gasteiger partial charge in [-0.3, -0.25) is 9.98 Å². The number of fused-ring (bicyclic) bond motifs is 1. The van der Waals surface area contributed by atoms with E-state index in [0.717, 1.165) is 28.8 Å². The average molecular weight is 284 g/mol. The summed E-state index contributed by atoms with van der Waals surface area (Å²) in [7, 11) is 0. The minimum Gasteiger partial charge on any atom is -0.328 e. The highest BCUT2D eigenvalue weighted by molar-refractivity contribution is 7.13. The van der Waals surface area contributed by atoms with Gasteiger partial charge in [-0.15, -0.1) is 11.3 Å². The van der Waals surface area contributed by atoms with Crippen molar-refractivity contribution in [1.29, 1.82) is 0 Å². The van der Waals surface area contributed by atoms with Gasteiger partial charge in [0.1, 0.15) is 17.0 Å². The molecular formula is C13H12N6S. The van der Waals surface area contributed by atoms with Crippen LogP contribution in [-0.2, 0) is 0 Å². The summed E-state index contributed by atoms with van der Waals surface area (Å²) >= 11 is 1.61. The molecule has 1 fully saturated rings. The summed E-state index contributed by atoms with van der Waals surface area (Å²) in [6, 6.07) is 5.85. The van der Waals surface area contributed by atoms with Gasteiger partial charge in [-0.1, -0.05) is 6.07 Å². The van der Waals surface area contributed by atoms with E-state index in [1.165, 1.54) is 0 Å². The Kier molecular flexibility index (Phi) is 2.71. The molecule has 0 aliphatic carbocycles. The summed E-state index contributed by atoms with van der Waals surface area (Å²) in [4.78, 5) is 15.4. The number of aromatic nitrogens is 2. The van der Waals surface area contributed by atoms with E-state index in [9.17, 15) is 0 Å².